The molecule has 0 spiro atoms. The Bertz CT molecular complexity index is 285. The number of aliphatic hydroxyl groups is 1. The molecule has 0 aliphatic rings. The number of aliphatic hydroxyl groups excluding tert-OH is 1. The molecular formula is C11H15NO2. The molecule has 3 heteroatoms. The van der Waals surface area contributed by atoms with Crippen molar-refractivity contribution in [1.29, 1.82) is 0 Å². The van der Waals surface area contributed by atoms with Gasteiger partial charge in [-0.3, -0.25) is 4.79 Å². The third kappa shape index (κ3) is 3.68. The highest BCUT2D eigenvalue weighted by molar-refractivity contribution is 5.77. The fourth-order valence-corrected chi connectivity index (χ4v) is 1.18. The van der Waals surface area contributed by atoms with Gasteiger partial charge in [-0.15, -0.1) is 0 Å². The van der Waals surface area contributed by atoms with Crippen LogP contribution in [-0.4, -0.2) is 24.0 Å². The minimum atomic E-state index is -0.546. The molecule has 0 fully saturated rings. The lowest BCUT2D eigenvalue weighted by atomic mass is 10.1. The summed E-state index contributed by atoms with van der Waals surface area (Å²) in [6.45, 7) is 2.23. The van der Waals surface area contributed by atoms with E-state index in [0.29, 0.717) is 13.1 Å². The van der Waals surface area contributed by atoms with Crippen LogP contribution in [-0.2, 0) is 4.79 Å². The van der Waals surface area contributed by atoms with Gasteiger partial charge < -0.3 is 10.4 Å². The van der Waals surface area contributed by atoms with E-state index in [1.165, 1.54) is 6.92 Å². The summed E-state index contributed by atoms with van der Waals surface area (Å²) < 4.78 is 0. The first-order valence-electron chi connectivity index (χ1n) is 4.63. The van der Waals surface area contributed by atoms with E-state index < -0.39 is 6.10 Å². The Labute approximate surface area is 83.8 Å². The summed E-state index contributed by atoms with van der Waals surface area (Å²) >= 11 is 0. The molecule has 0 radical (unpaired) electrons. The fourth-order valence-electron chi connectivity index (χ4n) is 1.18. The summed E-state index contributed by atoms with van der Waals surface area (Å²) in [7, 11) is 0. The van der Waals surface area contributed by atoms with Crippen molar-refractivity contribution >= 4 is 5.78 Å². The molecule has 0 bridgehead atoms. The average Bonchev–Trinajstić information content (AvgIpc) is 2.18. The summed E-state index contributed by atoms with van der Waals surface area (Å²) in [5.74, 6) is 0.0743. The smallest absolute Gasteiger partial charge is 0.143 e. The van der Waals surface area contributed by atoms with Gasteiger partial charge in [-0.2, -0.15) is 0 Å². The third-order valence-corrected chi connectivity index (χ3v) is 1.90. The number of benzene rings is 1. The van der Waals surface area contributed by atoms with Gasteiger partial charge in [-0.1, -0.05) is 30.3 Å². The second-order valence-electron chi connectivity index (χ2n) is 3.26. The molecule has 0 aliphatic carbocycles. The summed E-state index contributed by atoms with van der Waals surface area (Å²) in [6.07, 6.45) is -0.546. The van der Waals surface area contributed by atoms with E-state index >= 15 is 0 Å². The summed E-state index contributed by atoms with van der Waals surface area (Å²) in [4.78, 5) is 10.6. The van der Waals surface area contributed by atoms with Crippen molar-refractivity contribution in [2.45, 2.75) is 13.0 Å². The standard InChI is InChI=1S/C11H15NO2/c1-9(13)7-12-8-11(14)10-5-3-2-4-6-10/h2-6,11-12,14H,7-8H2,1H3. The molecule has 1 unspecified atom stereocenters. The van der Waals surface area contributed by atoms with Gasteiger partial charge in [0.15, 0.2) is 0 Å². The van der Waals surface area contributed by atoms with E-state index in [9.17, 15) is 9.90 Å². The zero-order valence-corrected chi connectivity index (χ0v) is 8.23. The molecule has 0 saturated carbocycles. The molecule has 76 valence electrons. The minimum absolute atomic E-state index is 0.0743. The van der Waals surface area contributed by atoms with Gasteiger partial charge in [-0.05, 0) is 12.5 Å². The zero-order valence-electron chi connectivity index (χ0n) is 8.23. The Balaban J connectivity index is 2.36. The molecule has 1 rings (SSSR count). The van der Waals surface area contributed by atoms with Crippen LogP contribution in [0.2, 0.25) is 0 Å². The van der Waals surface area contributed by atoms with Gasteiger partial charge >= 0.3 is 0 Å². The number of carbonyl (C=O) groups is 1. The number of hydrogen-bond donors (Lipinski definition) is 2. The van der Waals surface area contributed by atoms with E-state index in [0.717, 1.165) is 5.56 Å². The van der Waals surface area contributed by atoms with Crippen LogP contribution in [0.5, 0.6) is 0 Å². The fraction of sp³-hybridized carbons (Fsp3) is 0.364. The first-order chi connectivity index (χ1) is 6.70. The van der Waals surface area contributed by atoms with Crippen molar-refractivity contribution in [1.82, 2.24) is 5.32 Å². The number of carbonyl (C=O) groups excluding carboxylic acids is 1. The molecular weight excluding hydrogens is 178 g/mol. The van der Waals surface area contributed by atoms with E-state index in [1.807, 2.05) is 30.3 Å². The Kier molecular flexibility index (Phi) is 4.29. The molecule has 0 heterocycles. The van der Waals surface area contributed by atoms with Crippen LogP contribution >= 0.6 is 0 Å². The van der Waals surface area contributed by atoms with Gasteiger partial charge in [-0.25, -0.2) is 0 Å². The van der Waals surface area contributed by atoms with Crippen LogP contribution in [0.25, 0.3) is 0 Å². The Morgan fingerprint density at radius 3 is 2.64 bits per heavy atom. The topological polar surface area (TPSA) is 49.3 Å². The van der Waals surface area contributed by atoms with E-state index in [1.54, 1.807) is 0 Å². The maximum atomic E-state index is 10.6. The van der Waals surface area contributed by atoms with E-state index in [2.05, 4.69) is 5.32 Å². The van der Waals surface area contributed by atoms with Crippen molar-refractivity contribution < 1.29 is 9.90 Å². The van der Waals surface area contributed by atoms with Crippen LogP contribution in [0.4, 0.5) is 0 Å². The molecule has 1 aromatic carbocycles. The SMILES string of the molecule is CC(=O)CNCC(O)c1ccccc1. The van der Waals surface area contributed by atoms with E-state index in [-0.39, 0.29) is 5.78 Å². The van der Waals surface area contributed by atoms with Gasteiger partial charge in [0.1, 0.15) is 5.78 Å². The van der Waals surface area contributed by atoms with Crippen LogP contribution in [0, 0.1) is 0 Å². The van der Waals surface area contributed by atoms with Gasteiger partial charge in [0.2, 0.25) is 0 Å². The largest absolute Gasteiger partial charge is 0.387 e. The van der Waals surface area contributed by atoms with Crippen molar-refractivity contribution in [3.05, 3.63) is 35.9 Å². The molecule has 3 nitrogen and oxygen atoms in total. The van der Waals surface area contributed by atoms with Gasteiger partial charge in [0.05, 0.1) is 12.6 Å². The quantitative estimate of drug-likeness (QED) is 0.730. The van der Waals surface area contributed by atoms with Crippen molar-refractivity contribution in [2.75, 3.05) is 13.1 Å². The second kappa shape index (κ2) is 5.52. The number of hydrogen-bond acceptors (Lipinski definition) is 3. The Morgan fingerprint density at radius 2 is 2.07 bits per heavy atom. The summed E-state index contributed by atoms with van der Waals surface area (Å²) in [5, 5.41) is 12.5. The highest BCUT2D eigenvalue weighted by Gasteiger charge is 2.05. The lowest BCUT2D eigenvalue weighted by Crippen LogP contribution is -2.26. The Hall–Kier alpha value is -1.19. The second-order valence-corrected chi connectivity index (χ2v) is 3.26. The first kappa shape index (κ1) is 10.9. The van der Waals surface area contributed by atoms with Crippen LogP contribution in [0.15, 0.2) is 30.3 Å². The molecule has 1 aromatic rings. The molecule has 0 saturated heterocycles. The van der Waals surface area contributed by atoms with Crippen LogP contribution in [0.1, 0.15) is 18.6 Å². The van der Waals surface area contributed by atoms with Crippen LogP contribution in [0.3, 0.4) is 0 Å². The molecule has 2 N–H and O–H groups in total. The van der Waals surface area contributed by atoms with E-state index in [4.69, 9.17) is 0 Å². The lowest BCUT2D eigenvalue weighted by Gasteiger charge is -2.10. The Morgan fingerprint density at radius 1 is 1.43 bits per heavy atom. The predicted molar refractivity (Wildman–Crippen MR) is 55.0 cm³/mol. The van der Waals surface area contributed by atoms with Crippen molar-refractivity contribution in [3.63, 3.8) is 0 Å². The average molecular weight is 193 g/mol. The molecule has 0 amide bonds. The minimum Gasteiger partial charge on any atom is -0.387 e. The maximum absolute atomic E-state index is 10.6. The summed E-state index contributed by atoms with van der Waals surface area (Å²) in [5.41, 5.74) is 0.864. The third-order valence-electron chi connectivity index (χ3n) is 1.90. The highest BCUT2D eigenvalue weighted by Crippen LogP contribution is 2.09. The molecule has 0 aliphatic heterocycles. The molecule has 14 heavy (non-hydrogen) atoms. The number of nitrogens with one attached hydrogen (secondary N) is 1. The maximum Gasteiger partial charge on any atom is 0.143 e. The van der Waals surface area contributed by atoms with Gasteiger partial charge in [0.25, 0.3) is 0 Å². The number of ketones is 1. The number of Topliss-reactive ketones (excluding diaryl/α,β-unsaturated/α-hetero) is 1. The van der Waals surface area contributed by atoms with Crippen molar-refractivity contribution in [2.24, 2.45) is 0 Å². The number of rotatable bonds is 5. The van der Waals surface area contributed by atoms with Crippen LogP contribution < -0.4 is 5.32 Å². The molecule has 0 aromatic heterocycles. The predicted octanol–water partition coefficient (Wildman–Crippen LogP) is 0.899. The monoisotopic (exact) mass is 193 g/mol. The van der Waals surface area contributed by atoms with Gasteiger partial charge in [0, 0.05) is 6.54 Å². The zero-order chi connectivity index (χ0) is 10.4. The van der Waals surface area contributed by atoms with Crippen molar-refractivity contribution in [3.8, 4) is 0 Å². The lowest BCUT2D eigenvalue weighted by molar-refractivity contribution is -0.116. The summed E-state index contributed by atoms with van der Waals surface area (Å²) in [6, 6.07) is 9.38. The normalized spacial score (nSPS) is 12.4. The highest BCUT2D eigenvalue weighted by atomic mass is 16.3. The molecule has 1 atom stereocenters. The first-order valence-corrected chi connectivity index (χ1v) is 4.63.